The summed E-state index contributed by atoms with van der Waals surface area (Å²) in [5, 5.41) is 2.76. The van der Waals surface area contributed by atoms with Crippen molar-refractivity contribution in [3.05, 3.63) is 83.8 Å². The number of anilines is 2. The smallest absolute Gasteiger partial charge is 0.252 e. The Morgan fingerprint density at radius 2 is 1.86 bits per heavy atom. The molecule has 2 fully saturated rings. The van der Waals surface area contributed by atoms with Gasteiger partial charge in [0.2, 0.25) is 5.91 Å². The van der Waals surface area contributed by atoms with Crippen molar-refractivity contribution in [1.29, 1.82) is 0 Å². The number of halogens is 3. The monoisotopic (exact) mass is 578 g/mol. The van der Waals surface area contributed by atoms with Gasteiger partial charge in [0.05, 0.1) is 7.11 Å². The van der Waals surface area contributed by atoms with Gasteiger partial charge in [-0.25, -0.2) is 18.2 Å². The second-order valence-electron chi connectivity index (χ2n) is 11.0. The van der Waals surface area contributed by atoms with Crippen molar-refractivity contribution in [2.75, 3.05) is 16.9 Å². The molecule has 2 atom stereocenters. The van der Waals surface area contributed by atoms with Gasteiger partial charge in [0.15, 0.2) is 5.54 Å². The number of methoxy groups -OCH3 is 1. The molecule has 1 aliphatic heterocycles. The average molecular weight is 579 g/mol. The van der Waals surface area contributed by atoms with Crippen molar-refractivity contribution in [2.45, 2.75) is 62.1 Å². The van der Waals surface area contributed by atoms with Gasteiger partial charge in [-0.15, -0.1) is 0 Å². The minimum Gasteiger partial charge on any atom is -0.497 e. The van der Waals surface area contributed by atoms with Gasteiger partial charge in [-0.1, -0.05) is 30.3 Å². The molecule has 6 rings (SSSR count). The van der Waals surface area contributed by atoms with Crippen LogP contribution in [-0.4, -0.2) is 47.8 Å². The molecule has 11 heteroatoms. The highest BCUT2D eigenvalue weighted by molar-refractivity contribution is 6.12. The molecule has 8 nitrogen and oxygen atoms in total. The summed E-state index contributed by atoms with van der Waals surface area (Å²) in [5.74, 6) is -4.43. The predicted octanol–water partition coefficient (Wildman–Crippen LogP) is 4.51. The van der Waals surface area contributed by atoms with Gasteiger partial charge < -0.3 is 10.1 Å². The number of hydrogen-bond acceptors (Lipinski definition) is 5. The molecule has 2 heterocycles. The van der Waals surface area contributed by atoms with Crippen LogP contribution in [0, 0.1) is 5.82 Å². The Morgan fingerprint density at radius 3 is 2.60 bits per heavy atom. The minimum atomic E-state index is -2.87. The number of amides is 3. The van der Waals surface area contributed by atoms with Crippen LogP contribution in [0.5, 0.6) is 5.75 Å². The van der Waals surface area contributed by atoms with Crippen LogP contribution in [0.1, 0.15) is 43.2 Å². The fourth-order valence-corrected chi connectivity index (χ4v) is 6.39. The Kier molecular flexibility index (Phi) is 6.90. The highest BCUT2D eigenvalue weighted by Gasteiger charge is 2.57. The summed E-state index contributed by atoms with van der Waals surface area (Å²) >= 11 is 0. The Labute approximate surface area is 240 Å². The van der Waals surface area contributed by atoms with E-state index >= 15 is 0 Å². The van der Waals surface area contributed by atoms with E-state index in [9.17, 15) is 27.6 Å². The second kappa shape index (κ2) is 10.5. The third-order valence-electron chi connectivity index (χ3n) is 8.39. The predicted molar refractivity (Wildman–Crippen MR) is 148 cm³/mol. The maximum Gasteiger partial charge on any atom is 0.252 e. The molecule has 3 aliphatic rings. The first-order chi connectivity index (χ1) is 20.1. The number of carbonyl (C=O) groups is 3. The van der Waals surface area contributed by atoms with Crippen LogP contribution in [0.15, 0.2) is 66.9 Å². The van der Waals surface area contributed by atoms with E-state index in [1.807, 2.05) is 12.1 Å². The number of benzene rings is 2. The van der Waals surface area contributed by atoms with Gasteiger partial charge in [-0.2, -0.15) is 0 Å². The van der Waals surface area contributed by atoms with Gasteiger partial charge in [-0.05, 0) is 54.7 Å². The third kappa shape index (κ3) is 4.66. The summed E-state index contributed by atoms with van der Waals surface area (Å²) in [4.78, 5) is 49.1. The molecule has 1 saturated heterocycles. The van der Waals surface area contributed by atoms with Crippen LogP contribution in [0.25, 0.3) is 0 Å². The topological polar surface area (TPSA) is 91.8 Å². The summed E-state index contributed by atoms with van der Waals surface area (Å²) < 4.78 is 47.5. The average Bonchev–Trinajstić information content (AvgIpc) is 3.54. The molecular formula is C31H29F3N4O4. The molecular weight excluding hydrogens is 549 g/mol. The minimum absolute atomic E-state index is 0.0548. The van der Waals surface area contributed by atoms with Crippen LogP contribution in [-0.2, 0) is 26.3 Å². The molecule has 0 bridgehead atoms. The molecule has 42 heavy (non-hydrogen) atoms. The van der Waals surface area contributed by atoms with E-state index in [1.54, 1.807) is 24.3 Å². The van der Waals surface area contributed by atoms with E-state index in [0.29, 0.717) is 17.7 Å². The van der Waals surface area contributed by atoms with Gasteiger partial charge in [0, 0.05) is 43.3 Å². The number of aromatic nitrogens is 1. The van der Waals surface area contributed by atoms with Gasteiger partial charge in [0.1, 0.15) is 23.4 Å². The van der Waals surface area contributed by atoms with Gasteiger partial charge >= 0.3 is 0 Å². The van der Waals surface area contributed by atoms with E-state index in [0.717, 1.165) is 11.6 Å². The SMILES string of the molecule is COc1ccnc(N2C(=O)CC[C@H]2C(=O)N(c2cccc(F)c2)[C@@]2(C(=O)NC3CC(F)(F)C3)CCc3ccccc32)c1. The fourth-order valence-electron chi connectivity index (χ4n) is 6.39. The number of ether oxygens (including phenoxy) is 1. The van der Waals surface area contributed by atoms with Crippen molar-refractivity contribution < 1.29 is 32.3 Å². The summed E-state index contributed by atoms with van der Waals surface area (Å²) in [5.41, 5.74) is -0.217. The summed E-state index contributed by atoms with van der Waals surface area (Å²) in [6.45, 7) is 0. The maximum atomic E-state index is 14.8. The van der Waals surface area contributed by atoms with Crippen molar-refractivity contribution in [3.8, 4) is 5.75 Å². The molecule has 0 spiro atoms. The van der Waals surface area contributed by atoms with Crippen LogP contribution in [0.3, 0.4) is 0 Å². The van der Waals surface area contributed by atoms with Crippen molar-refractivity contribution in [2.24, 2.45) is 0 Å². The molecule has 3 aromatic rings. The lowest BCUT2D eigenvalue weighted by Gasteiger charge is -2.45. The van der Waals surface area contributed by atoms with Gasteiger partial charge in [0.25, 0.3) is 17.7 Å². The standard InChI is InChI=1S/C31H29F3N4O4/c1-42-23-12-14-35-26(16-23)37-25(9-10-27(37)39)28(40)38(22-7-4-6-20(32)15-22)31(13-11-19-5-2-3-8-24(19)31)29(41)36-21-17-30(33,34)18-21/h2-8,12,14-16,21,25H,9-11,13,17-18H2,1H3,(H,36,41)/t25-,31-/m0/s1. The molecule has 1 saturated carbocycles. The first kappa shape index (κ1) is 27.7. The van der Waals surface area contributed by atoms with E-state index in [1.165, 1.54) is 41.3 Å². The van der Waals surface area contributed by atoms with Crippen molar-refractivity contribution in [1.82, 2.24) is 10.3 Å². The maximum absolute atomic E-state index is 14.8. The van der Waals surface area contributed by atoms with Crippen molar-refractivity contribution in [3.63, 3.8) is 0 Å². The van der Waals surface area contributed by atoms with Crippen LogP contribution in [0.4, 0.5) is 24.7 Å². The molecule has 218 valence electrons. The number of carbonyl (C=O) groups excluding carboxylic acids is 3. The number of alkyl halides is 2. The largest absolute Gasteiger partial charge is 0.497 e. The first-order valence-electron chi connectivity index (χ1n) is 13.8. The zero-order valence-corrected chi connectivity index (χ0v) is 22.9. The lowest BCUT2D eigenvalue weighted by molar-refractivity contribution is -0.137. The molecule has 1 aromatic heterocycles. The fraction of sp³-hybridized carbons (Fsp3) is 0.355. The Bertz CT molecular complexity index is 1560. The zero-order valence-electron chi connectivity index (χ0n) is 22.9. The highest BCUT2D eigenvalue weighted by atomic mass is 19.3. The van der Waals surface area contributed by atoms with E-state index < -0.39 is 54.0 Å². The lowest BCUT2D eigenvalue weighted by Crippen LogP contribution is -2.64. The molecule has 2 aliphatic carbocycles. The second-order valence-corrected chi connectivity index (χ2v) is 11.0. The van der Waals surface area contributed by atoms with Crippen LogP contribution < -0.4 is 19.9 Å². The van der Waals surface area contributed by atoms with E-state index in [-0.39, 0.29) is 36.7 Å². The number of nitrogens with one attached hydrogen (secondary N) is 1. The van der Waals surface area contributed by atoms with Gasteiger partial charge in [-0.3, -0.25) is 24.2 Å². The number of nitrogens with zero attached hydrogens (tertiary/aromatic N) is 3. The molecule has 3 amide bonds. The third-order valence-corrected chi connectivity index (χ3v) is 8.39. The Hall–Kier alpha value is -4.41. The first-order valence-corrected chi connectivity index (χ1v) is 13.8. The zero-order chi connectivity index (χ0) is 29.6. The molecule has 0 unspecified atom stereocenters. The molecule has 2 aromatic carbocycles. The Morgan fingerprint density at radius 1 is 1.07 bits per heavy atom. The molecule has 1 N–H and O–H groups in total. The summed E-state index contributed by atoms with van der Waals surface area (Å²) in [6, 6.07) is 13.8. The number of aryl methyl sites for hydroxylation is 1. The van der Waals surface area contributed by atoms with E-state index in [2.05, 4.69) is 10.3 Å². The summed E-state index contributed by atoms with van der Waals surface area (Å²) in [6.07, 6.45) is 1.21. The number of fused-ring (bicyclic) bond motifs is 1. The van der Waals surface area contributed by atoms with Crippen LogP contribution >= 0.6 is 0 Å². The lowest BCUT2D eigenvalue weighted by atomic mass is 9.83. The molecule has 0 radical (unpaired) electrons. The summed E-state index contributed by atoms with van der Waals surface area (Å²) in [7, 11) is 1.47. The van der Waals surface area contributed by atoms with Crippen molar-refractivity contribution >= 4 is 29.2 Å². The normalized spacial score (nSPS) is 22.8. The van der Waals surface area contributed by atoms with Crippen LogP contribution in [0.2, 0.25) is 0 Å². The number of pyridine rings is 1. The highest BCUT2D eigenvalue weighted by Crippen LogP contribution is 2.47. The number of hydrogen-bond donors (Lipinski definition) is 1. The Balaban J connectivity index is 1.48. The van der Waals surface area contributed by atoms with E-state index in [4.69, 9.17) is 4.74 Å². The number of rotatable bonds is 7. The quantitative estimate of drug-likeness (QED) is 0.446.